The molecule has 1 aliphatic rings. The Hall–Kier alpha value is -1.36. The van der Waals surface area contributed by atoms with Gasteiger partial charge in [0.05, 0.1) is 25.5 Å². The van der Waals surface area contributed by atoms with Crippen LogP contribution in [-0.2, 0) is 4.79 Å². The smallest absolute Gasteiger partial charge is 0.303 e. The minimum atomic E-state index is -0.775. The molecule has 98 valence electrons. The number of carboxylic acid groups (broad SMARTS) is 1. The highest BCUT2D eigenvalue weighted by Crippen LogP contribution is 2.48. The molecule has 1 atom stereocenters. The lowest BCUT2D eigenvalue weighted by Gasteiger charge is -2.27. The van der Waals surface area contributed by atoms with Crippen molar-refractivity contribution in [3.8, 4) is 11.5 Å². The molecule has 0 saturated heterocycles. The first-order valence-electron chi connectivity index (χ1n) is 5.76. The fourth-order valence-electron chi connectivity index (χ4n) is 2.30. The first-order chi connectivity index (χ1) is 8.67. The van der Waals surface area contributed by atoms with Gasteiger partial charge < -0.3 is 14.6 Å². The van der Waals surface area contributed by atoms with E-state index >= 15 is 0 Å². The Morgan fingerprint density at radius 1 is 1.39 bits per heavy atom. The van der Waals surface area contributed by atoms with Gasteiger partial charge in [-0.2, -0.15) is 0 Å². The summed E-state index contributed by atoms with van der Waals surface area (Å²) in [4.78, 5) is 12.0. The molecule has 1 heterocycles. The normalized spacial score (nSPS) is 18.0. The molecule has 4 nitrogen and oxygen atoms in total. The molecule has 0 aromatic heterocycles. The van der Waals surface area contributed by atoms with Crippen LogP contribution in [-0.4, -0.2) is 31.0 Å². The maximum atomic E-state index is 11.0. The van der Waals surface area contributed by atoms with E-state index in [1.165, 1.54) is 0 Å². The number of rotatable bonds is 4. The van der Waals surface area contributed by atoms with Gasteiger partial charge in [0.1, 0.15) is 11.5 Å². The summed E-state index contributed by atoms with van der Waals surface area (Å²) >= 11 is 1.70. The van der Waals surface area contributed by atoms with Crippen molar-refractivity contribution in [2.45, 2.75) is 23.7 Å². The van der Waals surface area contributed by atoms with Crippen molar-refractivity contribution in [1.82, 2.24) is 0 Å². The Kier molecular flexibility index (Phi) is 4.01. The van der Waals surface area contributed by atoms with Crippen LogP contribution < -0.4 is 9.47 Å². The quantitative estimate of drug-likeness (QED) is 0.910. The summed E-state index contributed by atoms with van der Waals surface area (Å²) < 4.78 is 10.7. The number of carboxylic acids is 1. The molecule has 0 spiro atoms. The molecule has 1 aromatic rings. The molecular weight excluding hydrogens is 252 g/mol. The summed E-state index contributed by atoms with van der Waals surface area (Å²) in [6.45, 7) is 0. The first-order valence-corrected chi connectivity index (χ1v) is 6.75. The predicted octanol–water partition coefficient (Wildman–Crippen LogP) is 2.76. The predicted molar refractivity (Wildman–Crippen MR) is 69.9 cm³/mol. The molecule has 18 heavy (non-hydrogen) atoms. The third kappa shape index (κ3) is 2.41. The maximum Gasteiger partial charge on any atom is 0.303 e. The van der Waals surface area contributed by atoms with Crippen LogP contribution in [0.3, 0.4) is 0 Å². The fraction of sp³-hybridized carbons (Fsp3) is 0.462. The van der Waals surface area contributed by atoms with Crippen molar-refractivity contribution < 1.29 is 19.4 Å². The molecular formula is C13H16O4S. The monoisotopic (exact) mass is 268 g/mol. The number of hydrogen-bond acceptors (Lipinski definition) is 4. The molecule has 5 heteroatoms. The van der Waals surface area contributed by atoms with Crippen molar-refractivity contribution in [2.24, 2.45) is 0 Å². The Morgan fingerprint density at radius 2 is 2.06 bits per heavy atom. The number of methoxy groups -OCH3 is 2. The van der Waals surface area contributed by atoms with Crippen LogP contribution in [0.1, 0.15) is 24.3 Å². The van der Waals surface area contributed by atoms with Crippen molar-refractivity contribution in [1.29, 1.82) is 0 Å². The van der Waals surface area contributed by atoms with Crippen LogP contribution in [0.15, 0.2) is 17.0 Å². The van der Waals surface area contributed by atoms with E-state index in [4.69, 9.17) is 14.6 Å². The van der Waals surface area contributed by atoms with E-state index in [1.54, 1.807) is 26.0 Å². The van der Waals surface area contributed by atoms with Crippen LogP contribution in [0.25, 0.3) is 0 Å². The van der Waals surface area contributed by atoms with Gasteiger partial charge in [-0.15, -0.1) is 11.8 Å². The summed E-state index contributed by atoms with van der Waals surface area (Å²) in [5, 5.41) is 9.00. The first kappa shape index (κ1) is 13.1. The van der Waals surface area contributed by atoms with Crippen molar-refractivity contribution >= 4 is 17.7 Å². The summed E-state index contributed by atoms with van der Waals surface area (Å²) in [6, 6.07) is 3.71. The Labute approximate surface area is 110 Å². The zero-order valence-corrected chi connectivity index (χ0v) is 11.3. The van der Waals surface area contributed by atoms with Gasteiger partial charge in [0.2, 0.25) is 0 Å². The van der Waals surface area contributed by atoms with Gasteiger partial charge in [0.15, 0.2) is 0 Å². The molecule has 0 aliphatic carbocycles. The van der Waals surface area contributed by atoms with Gasteiger partial charge in [-0.05, 0) is 24.3 Å². The number of thioether (sulfide) groups is 1. The van der Waals surface area contributed by atoms with Gasteiger partial charge >= 0.3 is 5.97 Å². The highest BCUT2D eigenvalue weighted by Gasteiger charge is 2.28. The molecule has 0 bridgehead atoms. The van der Waals surface area contributed by atoms with E-state index in [1.807, 2.05) is 12.1 Å². The van der Waals surface area contributed by atoms with Gasteiger partial charge in [-0.3, -0.25) is 4.79 Å². The van der Waals surface area contributed by atoms with Gasteiger partial charge in [-0.25, -0.2) is 0 Å². The second kappa shape index (κ2) is 5.52. The van der Waals surface area contributed by atoms with Gasteiger partial charge in [0.25, 0.3) is 0 Å². The Bertz CT molecular complexity index is 459. The molecule has 1 unspecified atom stereocenters. The van der Waals surface area contributed by atoms with E-state index in [0.29, 0.717) is 0 Å². The Morgan fingerprint density at radius 3 is 2.67 bits per heavy atom. The molecule has 1 aromatic carbocycles. The average molecular weight is 268 g/mol. The van der Waals surface area contributed by atoms with Crippen molar-refractivity contribution in [3.05, 3.63) is 17.7 Å². The largest absolute Gasteiger partial charge is 0.496 e. The van der Waals surface area contributed by atoms with Crippen LogP contribution in [0.5, 0.6) is 11.5 Å². The van der Waals surface area contributed by atoms with Gasteiger partial charge in [-0.1, -0.05) is 0 Å². The lowest BCUT2D eigenvalue weighted by molar-refractivity contribution is -0.137. The molecule has 0 radical (unpaired) electrons. The van der Waals surface area contributed by atoms with Gasteiger partial charge in [0, 0.05) is 11.5 Å². The third-order valence-electron chi connectivity index (χ3n) is 3.10. The molecule has 1 aliphatic heterocycles. The second-order valence-corrected chi connectivity index (χ2v) is 5.25. The van der Waals surface area contributed by atoms with E-state index in [9.17, 15) is 4.79 Å². The minimum Gasteiger partial charge on any atom is -0.496 e. The lowest BCUT2D eigenvalue weighted by atomic mass is 9.91. The zero-order valence-electron chi connectivity index (χ0n) is 10.4. The number of carbonyl (C=O) groups is 1. The van der Waals surface area contributed by atoms with E-state index < -0.39 is 5.97 Å². The average Bonchev–Trinajstić information content (AvgIpc) is 2.37. The van der Waals surface area contributed by atoms with Crippen LogP contribution in [0.2, 0.25) is 0 Å². The lowest BCUT2D eigenvalue weighted by Crippen LogP contribution is -2.14. The standard InChI is InChI=1S/C13H16O4S/c1-16-9-3-4-10(17-2)13-12(9)8(5-6-18-13)7-11(14)15/h3-4,8H,5-7H2,1-2H3,(H,14,15). The second-order valence-electron chi connectivity index (χ2n) is 4.14. The molecule has 0 saturated carbocycles. The number of hydrogen-bond donors (Lipinski definition) is 1. The highest BCUT2D eigenvalue weighted by atomic mass is 32.2. The van der Waals surface area contributed by atoms with Crippen LogP contribution in [0.4, 0.5) is 0 Å². The molecule has 0 amide bonds. The number of benzene rings is 1. The van der Waals surface area contributed by atoms with Crippen LogP contribution >= 0.6 is 11.8 Å². The minimum absolute atomic E-state index is 0.00352. The third-order valence-corrected chi connectivity index (χ3v) is 4.25. The van der Waals surface area contributed by atoms with Crippen LogP contribution in [0, 0.1) is 0 Å². The summed E-state index contributed by atoms with van der Waals surface area (Å²) in [6.07, 6.45) is 0.991. The number of aliphatic carboxylic acids is 1. The van der Waals surface area contributed by atoms with Crippen molar-refractivity contribution in [2.75, 3.05) is 20.0 Å². The van der Waals surface area contributed by atoms with E-state index in [0.717, 1.165) is 34.1 Å². The summed E-state index contributed by atoms with van der Waals surface area (Å²) in [7, 11) is 3.24. The number of fused-ring (bicyclic) bond motifs is 1. The molecule has 0 fully saturated rings. The SMILES string of the molecule is COc1ccc(OC)c2c1SCCC2CC(=O)O. The topological polar surface area (TPSA) is 55.8 Å². The summed E-state index contributed by atoms with van der Waals surface area (Å²) in [5.41, 5.74) is 0.982. The van der Waals surface area contributed by atoms with Crippen molar-refractivity contribution in [3.63, 3.8) is 0 Å². The highest BCUT2D eigenvalue weighted by molar-refractivity contribution is 7.99. The van der Waals surface area contributed by atoms with E-state index in [2.05, 4.69) is 0 Å². The van der Waals surface area contributed by atoms with E-state index in [-0.39, 0.29) is 12.3 Å². The molecule has 1 N–H and O–H groups in total. The maximum absolute atomic E-state index is 11.0. The zero-order chi connectivity index (χ0) is 13.1. The Balaban J connectivity index is 2.48. The summed E-state index contributed by atoms with van der Waals surface area (Å²) in [5.74, 6) is 1.69. The fourth-order valence-corrected chi connectivity index (χ4v) is 3.62. The molecule has 2 rings (SSSR count). The number of ether oxygens (including phenoxy) is 2.